The number of esters is 1. The van der Waals surface area contributed by atoms with Crippen molar-refractivity contribution in [1.82, 2.24) is 0 Å². The van der Waals surface area contributed by atoms with Crippen molar-refractivity contribution >= 4 is 35.1 Å². The summed E-state index contributed by atoms with van der Waals surface area (Å²) in [6, 6.07) is 4.29. The maximum Gasteiger partial charge on any atom is 0.337 e. The van der Waals surface area contributed by atoms with Crippen molar-refractivity contribution < 1.29 is 24.2 Å². The zero-order chi connectivity index (χ0) is 14.9. The number of amides is 1. The van der Waals surface area contributed by atoms with E-state index in [9.17, 15) is 14.4 Å². The monoisotopic (exact) mass is 297 g/mol. The number of carboxylic acids is 1. The quantitative estimate of drug-likeness (QED) is 0.856. The van der Waals surface area contributed by atoms with Gasteiger partial charge in [-0.25, -0.2) is 4.79 Å². The molecule has 1 fully saturated rings. The van der Waals surface area contributed by atoms with Crippen LogP contribution in [0.3, 0.4) is 0 Å². The highest BCUT2D eigenvalue weighted by molar-refractivity contribution is 6.33. The van der Waals surface area contributed by atoms with E-state index >= 15 is 0 Å². The highest BCUT2D eigenvalue weighted by atomic mass is 35.5. The number of ether oxygens (including phenoxy) is 1. The minimum atomic E-state index is -1.17. The number of hydrogen-bond acceptors (Lipinski definition) is 4. The van der Waals surface area contributed by atoms with Crippen LogP contribution in [0, 0.1) is 5.92 Å². The van der Waals surface area contributed by atoms with Crippen LogP contribution < -0.4 is 4.90 Å². The molecule has 0 aliphatic carbocycles. The molecule has 1 aromatic carbocycles. The Balaban J connectivity index is 2.28. The minimum Gasteiger partial charge on any atom is -0.478 e. The second-order valence-electron chi connectivity index (χ2n) is 4.40. The number of benzene rings is 1. The second-order valence-corrected chi connectivity index (χ2v) is 4.81. The summed E-state index contributed by atoms with van der Waals surface area (Å²) < 4.78 is 4.61. The molecule has 0 radical (unpaired) electrons. The van der Waals surface area contributed by atoms with Crippen molar-refractivity contribution in [2.24, 2.45) is 5.92 Å². The molecule has 1 aliphatic rings. The van der Waals surface area contributed by atoms with Crippen LogP contribution in [0.1, 0.15) is 16.8 Å². The lowest BCUT2D eigenvalue weighted by Gasteiger charge is -2.17. The van der Waals surface area contributed by atoms with Crippen molar-refractivity contribution in [2.75, 3.05) is 18.6 Å². The molecular formula is C13H12ClNO5. The number of methoxy groups -OCH3 is 1. The van der Waals surface area contributed by atoms with Gasteiger partial charge in [0, 0.05) is 18.7 Å². The molecule has 1 saturated heterocycles. The third-order valence-electron chi connectivity index (χ3n) is 3.15. The maximum absolute atomic E-state index is 11.9. The topological polar surface area (TPSA) is 83.9 Å². The summed E-state index contributed by atoms with van der Waals surface area (Å²) >= 11 is 5.78. The van der Waals surface area contributed by atoms with Gasteiger partial charge in [0.1, 0.15) is 0 Å². The van der Waals surface area contributed by atoms with E-state index in [1.807, 2.05) is 0 Å². The Hall–Kier alpha value is -2.08. The Morgan fingerprint density at radius 1 is 1.45 bits per heavy atom. The van der Waals surface area contributed by atoms with E-state index in [0.29, 0.717) is 5.69 Å². The minimum absolute atomic E-state index is 0.0533. The molecule has 1 unspecified atom stereocenters. The third-order valence-corrected chi connectivity index (χ3v) is 3.48. The van der Waals surface area contributed by atoms with Gasteiger partial charge in [-0.1, -0.05) is 11.6 Å². The summed E-state index contributed by atoms with van der Waals surface area (Å²) in [6.45, 7) is 0.173. The number of anilines is 1. The molecule has 1 aromatic rings. The number of rotatable bonds is 3. The van der Waals surface area contributed by atoms with Crippen molar-refractivity contribution in [3.63, 3.8) is 0 Å². The number of nitrogens with zero attached hydrogens (tertiary/aromatic N) is 1. The number of carbonyl (C=O) groups excluding carboxylic acids is 2. The lowest BCUT2D eigenvalue weighted by molar-refractivity contribution is -0.145. The van der Waals surface area contributed by atoms with Gasteiger partial charge in [-0.15, -0.1) is 0 Å². The van der Waals surface area contributed by atoms with Gasteiger partial charge in [-0.2, -0.15) is 0 Å². The summed E-state index contributed by atoms with van der Waals surface area (Å²) in [4.78, 5) is 35.8. The molecule has 0 bridgehead atoms. The van der Waals surface area contributed by atoms with Crippen molar-refractivity contribution in [2.45, 2.75) is 6.42 Å². The summed E-state index contributed by atoms with van der Waals surface area (Å²) in [7, 11) is 1.26. The molecule has 7 heteroatoms. The summed E-state index contributed by atoms with van der Waals surface area (Å²) in [5.41, 5.74) is 0.321. The first-order valence-corrected chi connectivity index (χ1v) is 6.23. The molecular weight excluding hydrogens is 286 g/mol. The Morgan fingerprint density at radius 2 is 2.15 bits per heavy atom. The number of halogens is 1. The molecule has 1 heterocycles. The molecule has 2 rings (SSSR count). The van der Waals surface area contributed by atoms with Crippen LogP contribution in [-0.2, 0) is 14.3 Å². The van der Waals surface area contributed by atoms with Gasteiger partial charge < -0.3 is 14.7 Å². The number of hydrogen-bond donors (Lipinski definition) is 1. The Labute approximate surface area is 119 Å². The first-order chi connectivity index (χ1) is 9.43. The molecule has 1 amide bonds. The van der Waals surface area contributed by atoms with Crippen LogP contribution >= 0.6 is 11.6 Å². The van der Waals surface area contributed by atoms with Crippen LogP contribution in [0.15, 0.2) is 18.2 Å². The number of carboxylic acid groups (broad SMARTS) is 1. The van der Waals surface area contributed by atoms with E-state index < -0.39 is 17.9 Å². The molecule has 0 aromatic heterocycles. The fourth-order valence-corrected chi connectivity index (χ4v) is 2.33. The van der Waals surface area contributed by atoms with E-state index in [0.717, 1.165) is 0 Å². The van der Waals surface area contributed by atoms with Gasteiger partial charge in [0.25, 0.3) is 0 Å². The molecule has 1 aliphatic heterocycles. The molecule has 1 atom stereocenters. The van der Waals surface area contributed by atoms with E-state index in [-0.39, 0.29) is 29.5 Å². The van der Waals surface area contributed by atoms with Crippen molar-refractivity contribution in [3.05, 3.63) is 28.8 Å². The van der Waals surface area contributed by atoms with Crippen LogP contribution in [0.2, 0.25) is 5.02 Å². The van der Waals surface area contributed by atoms with Gasteiger partial charge in [0.05, 0.1) is 23.6 Å². The third kappa shape index (κ3) is 2.60. The smallest absolute Gasteiger partial charge is 0.337 e. The normalized spacial score (nSPS) is 18.2. The average Bonchev–Trinajstić information content (AvgIpc) is 2.80. The van der Waals surface area contributed by atoms with Crippen molar-refractivity contribution in [1.29, 1.82) is 0 Å². The molecule has 0 spiro atoms. The van der Waals surface area contributed by atoms with Gasteiger partial charge >= 0.3 is 11.9 Å². The molecule has 6 nitrogen and oxygen atoms in total. The lowest BCUT2D eigenvalue weighted by atomic mass is 10.1. The van der Waals surface area contributed by atoms with Crippen LogP contribution in [0.4, 0.5) is 5.69 Å². The first-order valence-electron chi connectivity index (χ1n) is 5.85. The SMILES string of the molecule is COC(=O)C1CC(=O)N(c2ccc(Cl)c(C(=O)O)c2)C1. The Bertz CT molecular complexity index is 586. The van der Waals surface area contributed by atoms with Crippen LogP contribution in [0.5, 0.6) is 0 Å². The van der Waals surface area contributed by atoms with E-state index in [2.05, 4.69) is 4.74 Å². The summed E-state index contributed by atoms with van der Waals surface area (Å²) in [5.74, 6) is -2.41. The standard InChI is InChI=1S/C13H12ClNO5/c1-20-13(19)7-4-11(16)15(6-7)8-2-3-10(14)9(5-8)12(17)18/h2-3,5,7H,4,6H2,1H3,(H,17,18). The largest absolute Gasteiger partial charge is 0.478 e. The van der Waals surface area contributed by atoms with E-state index in [1.54, 1.807) is 6.07 Å². The molecule has 20 heavy (non-hydrogen) atoms. The van der Waals surface area contributed by atoms with Crippen LogP contribution in [0.25, 0.3) is 0 Å². The second kappa shape index (κ2) is 5.50. The predicted molar refractivity (Wildman–Crippen MR) is 70.9 cm³/mol. The number of carbonyl (C=O) groups is 3. The van der Waals surface area contributed by atoms with E-state index in [4.69, 9.17) is 16.7 Å². The molecule has 1 N–H and O–H groups in total. The fraction of sp³-hybridized carbons (Fsp3) is 0.308. The highest BCUT2D eigenvalue weighted by Crippen LogP contribution is 2.29. The zero-order valence-electron chi connectivity index (χ0n) is 10.6. The number of aromatic carboxylic acids is 1. The van der Waals surface area contributed by atoms with Gasteiger partial charge in [0.15, 0.2) is 0 Å². The van der Waals surface area contributed by atoms with Gasteiger partial charge in [-0.3, -0.25) is 9.59 Å². The summed E-state index contributed by atoms with van der Waals surface area (Å²) in [5, 5.41) is 9.11. The van der Waals surface area contributed by atoms with E-state index in [1.165, 1.54) is 24.1 Å². The van der Waals surface area contributed by atoms with Crippen LogP contribution in [-0.4, -0.2) is 36.6 Å². The zero-order valence-corrected chi connectivity index (χ0v) is 11.4. The molecule has 106 valence electrons. The van der Waals surface area contributed by atoms with Gasteiger partial charge in [0.2, 0.25) is 5.91 Å². The summed E-state index contributed by atoms with van der Waals surface area (Å²) in [6.07, 6.45) is 0.0533. The highest BCUT2D eigenvalue weighted by Gasteiger charge is 2.36. The fourth-order valence-electron chi connectivity index (χ4n) is 2.13. The van der Waals surface area contributed by atoms with Gasteiger partial charge in [-0.05, 0) is 18.2 Å². The lowest BCUT2D eigenvalue weighted by Crippen LogP contribution is -2.26. The Kier molecular flexibility index (Phi) is 3.94. The first kappa shape index (κ1) is 14.3. The average molecular weight is 298 g/mol. The molecule has 0 saturated carbocycles. The Morgan fingerprint density at radius 3 is 2.75 bits per heavy atom. The van der Waals surface area contributed by atoms with Crippen molar-refractivity contribution in [3.8, 4) is 0 Å². The predicted octanol–water partition coefficient (Wildman–Crippen LogP) is 1.56. The maximum atomic E-state index is 11.9.